The smallest absolute Gasteiger partial charge is 0.115 e. The van der Waals surface area contributed by atoms with E-state index in [1.54, 1.807) is 12.1 Å². The van der Waals surface area contributed by atoms with E-state index >= 15 is 0 Å². The molecule has 1 aromatic carbocycles. The molecule has 0 aliphatic rings. The van der Waals surface area contributed by atoms with Crippen LogP contribution in [-0.2, 0) is 6.54 Å². The van der Waals surface area contributed by atoms with Crippen molar-refractivity contribution in [3.63, 3.8) is 0 Å². The van der Waals surface area contributed by atoms with Crippen LogP contribution in [0, 0.1) is 0 Å². The summed E-state index contributed by atoms with van der Waals surface area (Å²) in [5.41, 5.74) is 1.12. The fourth-order valence-corrected chi connectivity index (χ4v) is 1.45. The van der Waals surface area contributed by atoms with Crippen LogP contribution in [0.15, 0.2) is 24.3 Å². The van der Waals surface area contributed by atoms with Crippen molar-refractivity contribution in [3.8, 4) is 5.75 Å². The van der Waals surface area contributed by atoms with Crippen LogP contribution in [0.3, 0.4) is 0 Å². The van der Waals surface area contributed by atoms with Gasteiger partial charge < -0.3 is 10.4 Å². The van der Waals surface area contributed by atoms with Gasteiger partial charge in [-0.3, -0.25) is 0 Å². The van der Waals surface area contributed by atoms with E-state index in [1.807, 2.05) is 23.9 Å². The first-order valence-corrected chi connectivity index (χ1v) is 6.02. The van der Waals surface area contributed by atoms with E-state index in [1.165, 1.54) is 0 Å². The molecule has 0 amide bonds. The van der Waals surface area contributed by atoms with Gasteiger partial charge in [-0.15, -0.1) is 0 Å². The number of aromatic hydroxyl groups is 1. The highest BCUT2D eigenvalue weighted by molar-refractivity contribution is 7.99. The summed E-state index contributed by atoms with van der Waals surface area (Å²) >= 11 is 1.85. The minimum Gasteiger partial charge on any atom is -0.508 e. The lowest BCUT2D eigenvalue weighted by Crippen LogP contribution is -2.21. The van der Waals surface area contributed by atoms with E-state index in [0.29, 0.717) is 11.0 Å². The summed E-state index contributed by atoms with van der Waals surface area (Å²) in [6.07, 6.45) is 2.11. The summed E-state index contributed by atoms with van der Waals surface area (Å²) in [6, 6.07) is 7.35. The van der Waals surface area contributed by atoms with Crippen LogP contribution in [-0.4, -0.2) is 23.2 Å². The Kier molecular flexibility index (Phi) is 4.84. The molecule has 1 unspecified atom stereocenters. The number of thioether (sulfide) groups is 1. The van der Waals surface area contributed by atoms with Gasteiger partial charge in [-0.25, -0.2) is 0 Å². The second-order valence-electron chi connectivity index (χ2n) is 3.35. The topological polar surface area (TPSA) is 32.3 Å². The van der Waals surface area contributed by atoms with Crippen molar-refractivity contribution in [1.29, 1.82) is 0 Å². The monoisotopic (exact) mass is 211 g/mol. The van der Waals surface area contributed by atoms with Crippen molar-refractivity contribution in [2.24, 2.45) is 0 Å². The van der Waals surface area contributed by atoms with Crippen molar-refractivity contribution in [2.45, 2.75) is 18.7 Å². The third-order valence-corrected chi connectivity index (χ3v) is 3.05. The number of phenols is 1. The van der Waals surface area contributed by atoms with Crippen LogP contribution >= 0.6 is 11.8 Å². The molecular formula is C11H17NOS. The van der Waals surface area contributed by atoms with Crippen LogP contribution in [0.5, 0.6) is 5.75 Å². The molecule has 0 fully saturated rings. The number of hydrogen-bond acceptors (Lipinski definition) is 3. The minimum atomic E-state index is 0.335. The Morgan fingerprint density at radius 3 is 2.93 bits per heavy atom. The summed E-state index contributed by atoms with van der Waals surface area (Å²) in [5, 5.41) is 13.2. The quantitative estimate of drug-likeness (QED) is 0.783. The lowest BCUT2D eigenvalue weighted by atomic mass is 10.2. The maximum absolute atomic E-state index is 9.24. The van der Waals surface area contributed by atoms with Gasteiger partial charge in [0.05, 0.1) is 0 Å². The SMILES string of the molecule is CSC(C)CNCc1cccc(O)c1. The highest BCUT2D eigenvalue weighted by Crippen LogP contribution is 2.10. The zero-order valence-corrected chi connectivity index (χ0v) is 9.47. The van der Waals surface area contributed by atoms with Crippen LogP contribution < -0.4 is 5.32 Å². The highest BCUT2D eigenvalue weighted by Gasteiger charge is 1.98. The molecule has 1 rings (SSSR count). The molecule has 0 aliphatic carbocycles. The lowest BCUT2D eigenvalue weighted by molar-refractivity contribution is 0.474. The van der Waals surface area contributed by atoms with E-state index in [2.05, 4.69) is 18.5 Å². The van der Waals surface area contributed by atoms with Crippen LogP contribution in [0.1, 0.15) is 12.5 Å². The Labute approximate surface area is 89.7 Å². The average molecular weight is 211 g/mol. The molecule has 2 nitrogen and oxygen atoms in total. The Balaban J connectivity index is 2.31. The number of rotatable bonds is 5. The van der Waals surface area contributed by atoms with Gasteiger partial charge in [0.2, 0.25) is 0 Å². The zero-order chi connectivity index (χ0) is 10.4. The van der Waals surface area contributed by atoms with Crippen molar-refractivity contribution >= 4 is 11.8 Å². The normalized spacial score (nSPS) is 12.7. The molecule has 0 spiro atoms. The molecule has 0 aromatic heterocycles. The summed E-state index contributed by atoms with van der Waals surface area (Å²) in [7, 11) is 0. The van der Waals surface area contributed by atoms with Gasteiger partial charge in [0.25, 0.3) is 0 Å². The van der Waals surface area contributed by atoms with Gasteiger partial charge in [-0.05, 0) is 24.0 Å². The standard InChI is InChI=1S/C11H17NOS/c1-9(14-2)7-12-8-10-4-3-5-11(13)6-10/h3-6,9,12-13H,7-8H2,1-2H3. The van der Waals surface area contributed by atoms with E-state index in [4.69, 9.17) is 0 Å². The van der Waals surface area contributed by atoms with E-state index in [-0.39, 0.29) is 0 Å². The summed E-state index contributed by atoms with van der Waals surface area (Å²) in [4.78, 5) is 0. The molecule has 3 heteroatoms. The zero-order valence-electron chi connectivity index (χ0n) is 8.66. The van der Waals surface area contributed by atoms with E-state index in [0.717, 1.165) is 18.7 Å². The molecule has 14 heavy (non-hydrogen) atoms. The summed E-state index contributed by atoms with van der Waals surface area (Å²) in [6.45, 7) is 4.01. The second-order valence-corrected chi connectivity index (χ2v) is 4.62. The van der Waals surface area contributed by atoms with Gasteiger partial charge in [-0.1, -0.05) is 19.1 Å². The van der Waals surface area contributed by atoms with Crippen molar-refractivity contribution < 1.29 is 5.11 Å². The fourth-order valence-electron chi connectivity index (χ4n) is 1.17. The summed E-state index contributed by atoms with van der Waals surface area (Å²) in [5.74, 6) is 0.335. The van der Waals surface area contributed by atoms with Crippen molar-refractivity contribution in [3.05, 3.63) is 29.8 Å². The lowest BCUT2D eigenvalue weighted by Gasteiger charge is -2.09. The Hall–Kier alpha value is -0.670. The molecule has 0 bridgehead atoms. The van der Waals surface area contributed by atoms with Crippen molar-refractivity contribution in [2.75, 3.05) is 12.8 Å². The second kappa shape index (κ2) is 5.94. The average Bonchev–Trinajstić information content (AvgIpc) is 2.17. The van der Waals surface area contributed by atoms with Gasteiger partial charge in [0.1, 0.15) is 5.75 Å². The fraction of sp³-hybridized carbons (Fsp3) is 0.455. The number of benzene rings is 1. The summed E-state index contributed by atoms with van der Waals surface area (Å²) < 4.78 is 0. The van der Waals surface area contributed by atoms with Gasteiger partial charge in [0.15, 0.2) is 0 Å². The highest BCUT2D eigenvalue weighted by atomic mass is 32.2. The maximum atomic E-state index is 9.24. The van der Waals surface area contributed by atoms with Crippen LogP contribution in [0.2, 0.25) is 0 Å². The number of hydrogen-bond donors (Lipinski definition) is 2. The maximum Gasteiger partial charge on any atom is 0.115 e. The van der Waals surface area contributed by atoms with Gasteiger partial charge in [0, 0.05) is 18.3 Å². The van der Waals surface area contributed by atoms with Crippen LogP contribution in [0.4, 0.5) is 0 Å². The molecule has 2 N–H and O–H groups in total. The number of nitrogens with one attached hydrogen (secondary N) is 1. The molecule has 1 atom stereocenters. The third kappa shape index (κ3) is 4.03. The van der Waals surface area contributed by atoms with Crippen LogP contribution in [0.25, 0.3) is 0 Å². The molecule has 0 aliphatic heterocycles. The van der Waals surface area contributed by atoms with Gasteiger partial charge >= 0.3 is 0 Å². The first-order chi connectivity index (χ1) is 6.72. The number of phenolic OH excluding ortho intramolecular Hbond substituents is 1. The Morgan fingerprint density at radius 1 is 1.50 bits per heavy atom. The third-order valence-electron chi connectivity index (χ3n) is 2.07. The minimum absolute atomic E-state index is 0.335. The van der Waals surface area contributed by atoms with Crippen molar-refractivity contribution in [1.82, 2.24) is 5.32 Å². The Morgan fingerprint density at radius 2 is 2.29 bits per heavy atom. The van der Waals surface area contributed by atoms with E-state index < -0.39 is 0 Å². The molecule has 78 valence electrons. The molecule has 0 radical (unpaired) electrons. The van der Waals surface area contributed by atoms with Gasteiger partial charge in [-0.2, -0.15) is 11.8 Å². The molecular weight excluding hydrogens is 194 g/mol. The predicted octanol–water partition coefficient (Wildman–Crippen LogP) is 2.23. The predicted molar refractivity (Wildman–Crippen MR) is 62.8 cm³/mol. The first-order valence-electron chi connectivity index (χ1n) is 4.74. The molecule has 0 saturated heterocycles. The van der Waals surface area contributed by atoms with E-state index in [9.17, 15) is 5.11 Å². The molecule has 0 heterocycles. The first kappa shape index (κ1) is 11.4. The molecule has 1 aromatic rings. The largest absolute Gasteiger partial charge is 0.508 e. The molecule has 0 saturated carbocycles. The Bertz CT molecular complexity index is 278.